The van der Waals surface area contributed by atoms with E-state index in [2.05, 4.69) is 10.3 Å². The van der Waals surface area contributed by atoms with Gasteiger partial charge in [0.2, 0.25) is 5.91 Å². The summed E-state index contributed by atoms with van der Waals surface area (Å²) in [6.45, 7) is 4.83. The number of benzene rings is 1. The molecule has 0 aliphatic carbocycles. The Balaban J connectivity index is 2.03. The van der Waals surface area contributed by atoms with Gasteiger partial charge in [-0.3, -0.25) is 9.79 Å². The molecule has 2 rings (SSSR count). The second-order valence-corrected chi connectivity index (χ2v) is 7.43. The van der Waals surface area contributed by atoms with Crippen LogP contribution in [-0.4, -0.2) is 27.8 Å². The predicted octanol–water partition coefficient (Wildman–Crippen LogP) is 4.20. The Labute approximate surface area is 133 Å². The molecule has 1 aromatic carbocycles. The van der Waals surface area contributed by atoms with Crippen LogP contribution in [0.5, 0.6) is 0 Å². The summed E-state index contributed by atoms with van der Waals surface area (Å²) in [7, 11) is 0. The van der Waals surface area contributed by atoms with E-state index in [0.29, 0.717) is 5.02 Å². The lowest BCUT2D eigenvalue weighted by Gasteiger charge is -2.15. The summed E-state index contributed by atoms with van der Waals surface area (Å²) >= 11 is 9.26. The average molecular weight is 329 g/mol. The van der Waals surface area contributed by atoms with Crippen LogP contribution < -0.4 is 5.32 Å². The highest BCUT2D eigenvalue weighted by atomic mass is 35.5. The van der Waals surface area contributed by atoms with Crippen LogP contribution in [0.2, 0.25) is 5.02 Å². The number of rotatable bonds is 4. The van der Waals surface area contributed by atoms with E-state index < -0.39 is 0 Å². The van der Waals surface area contributed by atoms with Crippen LogP contribution in [0.4, 0.5) is 5.69 Å². The molecule has 108 valence electrons. The number of aliphatic imine (C=N–C) groups is 1. The van der Waals surface area contributed by atoms with Crippen LogP contribution in [0.1, 0.15) is 18.9 Å². The van der Waals surface area contributed by atoms with Crippen LogP contribution in [0, 0.1) is 6.92 Å². The zero-order valence-corrected chi connectivity index (χ0v) is 13.9. The molecule has 0 spiro atoms. The normalized spacial score (nSPS) is 15.8. The van der Waals surface area contributed by atoms with Gasteiger partial charge >= 0.3 is 0 Å². The summed E-state index contributed by atoms with van der Waals surface area (Å²) in [6, 6.07) is 5.51. The highest BCUT2D eigenvalue weighted by Gasteiger charge is 2.22. The van der Waals surface area contributed by atoms with Gasteiger partial charge in [-0.25, -0.2) is 0 Å². The van der Waals surface area contributed by atoms with Crippen molar-refractivity contribution in [1.29, 1.82) is 0 Å². The third-order valence-electron chi connectivity index (χ3n) is 2.92. The maximum atomic E-state index is 12.4. The zero-order valence-electron chi connectivity index (χ0n) is 11.5. The molecule has 0 fully saturated rings. The number of nitrogens with one attached hydrogen (secondary N) is 1. The second-order valence-electron chi connectivity index (χ2n) is 4.46. The van der Waals surface area contributed by atoms with Gasteiger partial charge in [-0.15, -0.1) is 0 Å². The Kier molecular flexibility index (Phi) is 5.81. The maximum Gasteiger partial charge on any atom is 0.237 e. The number of hydrogen-bond acceptors (Lipinski definition) is 4. The highest BCUT2D eigenvalue weighted by molar-refractivity contribution is 8.39. The molecule has 1 heterocycles. The van der Waals surface area contributed by atoms with E-state index in [0.717, 1.165) is 34.3 Å². The summed E-state index contributed by atoms with van der Waals surface area (Å²) in [5.74, 6) is 1.03. The van der Waals surface area contributed by atoms with Gasteiger partial charge in [0.15, 0.2) is 0 Å². The van der Waals surface area contributed by atoms with Gasteiger partial charge in [0, 0.05) is 16.5 Å². The van der Waals surface area contributed by atoms with Crippen molar-refractivity contribution >= 4 is 51.1 Å². The third-order valence-corrected chi connectivity index (χ3v) is 5.72. The topological polar surface area (TPSA) is 41.5 Å². The monoisotopic (exact) mass is 328 g/mol. The average Bonchev–Trinajstić information content (AvgIpc) is 2.93. The number of amides is 1. The molecule has 0 bridgehead atoms. The highest BCUT2D eigenvalue weighted by Crippen LogP contribution is 2.29. The number of anilines is 1. The van der Waals surface area contributed by atoms with Crippen LogP contribution >= 0.6 is 35.1 Å². The number of aryl methyl sites for hydroxylation is 1. The molecule has 1 unspecified atom stereocenters. The Morgan fingerprint density at radius 3 is 3.05 bits per heavy atom. The molecule has 1 aliphatic rings. The zero-order chi connectivity index (χ0) is 14.5. The fraction of sp³-hybridized carbons (Fsp3) is 0.429. The Bertz CT molecular complexity index is 534. The molecule has 0 saturated heterocycles. The summed E-state index contributed by atoms with van der Waals surface area (Å²) in [5, 5.41) is 3.48. The SMILES string of the molecule is CCC(SC1=NCCS1)C(=O)Nc1cc(Cl)ccc1C. The van der Waals surface area contributed by atoms with Crippen molar-refractivity contribution in [3.05, 3.63) is 28.8 Å². The van der Waals surface area contributed by atoms with E-state index in [-0.39, 0.29) is 11.2 Å². The Hall–Kier alpha value is -0.650. The van der Waals surface area contributed by atoms with Gasteiger partial charge in [-0.1, -0.05) is 48.1 Å². The van der Waals surface area contributed by atoms with Crippen molar-refractivity contribution in [2.24, 2.45) is 4.99 Å². The molecule has 1 N–H and O–H groups in total. The Morgan fingerprint density at radius 2 is 2.40 bits per heavy atom. The van der Waals surface area contributed by atoms with E-state index in [1.807, 2.05) is 26.0 Å². The maximum absolute atomic E-state index is 12.4. The number of halogens is 1. The van der Waals surface area contributed by atoms with E-state index >= 15 is 0 Å². The first-order valence-corrected chi connectivity index (χ1v) is 8.75. The molecule has 1 atom stereocenters. The first kappa shape index (κ1) is 15.7. The molecule has 20 heavy (non-hydrogen) atoms. The molecule has 1 aromatic rings. The number of carbonyl (C=O) groups is 1. The van der Waals surface area contributed by atoms with Crippen molar-refractivity contribution in [3.8, 4) is 0 Å². The van der Waals surface area contributed by atoms with Gasteiger partial charge < -0.3 is 5.32 Å². The standard InChI is InChI=1S/C14H17ClN2OS2/c1-3-12(20-14-16-6-7-19-14)13(18)17-11-8-10(15)5-4-9(11)2/h4-5,8,12H,3,6-7H2,1-2H3,(H,17,18). The first-order valence-electron chi connectivity index (χ1n) is 6.51. The number of hydrogen-bond donors (Lipinski definition) is 1. The largest absolute Gasteiger partial charge is 0.325 e. The molecule has 3 nitrogen and oxygen atoms in total. The van der Waals surface area contributed by atoms with Gasteiger partial charge in [-0.2, -0.15) is 0 Å². The van der Waals surface area contributed by atoms with Crippen molar-refractivity contribution in [2.75, 3.05) is 17.6 Å². The molecule has 0 radical (unpaired) electrons. The first-order chi connectivity index (χ1) is 9.60. The lowest BCUT2D eigenvalue weighted by atomic mass is 10.2. The van der Waals surface area contributed by atoms with Crippen molar-refractivity contribution in [1.82, 2.24) is 0 Å². The van der Waals surface area contributed by atoms with E-state index in [4.69, 9.17) is 11.6 Å². The molecular formula is C14H17ClN2OS2. The van der Waals surface area contributed by atoms with E-state index in [9.17, 15) is 4.79 Å². The van der Waals surface area contributed by atoms with Crippen molar-refractivity contribution in [3.63, 3.8) is 0 Å². The van der Waals surface area contributed by atoms with Crippen LogP contribution in [0.15, 0.2) is 23.2 Å². The molecule has 1 aliphatic heterocycles. The summed E-state index contributed by atoms with van der Waals surface area (Å²) in [6.07, 6.45) is 0.774. The minimum absolute atomic E-state index is 0.0121. The molecule has 0 aromatic heterocycles. The van der Waals surface area contributed by atoms with Crippen LogP contribution in [-0.2, 0) is 4.79 Å². The van der Waals surface area contributed by atoms with Gasteiger partial charge in [0.25, 0.3) is 0 Å². The van der Waals surface area contributed by atoms with Gasteiger partial charge in [0.1, 0.15) is 4.38 Å². The quantitative estimate of drug-likeness (QED) is 0.900. The lowest BCUT2D eigenvalue weighted by Crippen LogP contribution is -2.25. The van der Waals surface area contributed by atoms with E-state index in [1.54, 1.807) is 29.6 Å². The predicted molar refractivity (Wildman–Crippen MR) is 91.2 cm³/mol. The summed E-state index contributed by atoms with van der Waals surface area (Å²) in [5.41, 5.74) is 1.79. The van der Waals surface area contributed by atoms with Crippen LogP contribution in [0.25, 0.3) is 0 Å². The third kappa shape index (κ3) is 4.17. The van der Waals surface area contributed by atoms with Gasteiger partial charge in [0.05, 0.1) is 11.8 Å². The second kappa shape index (κ2) is 7.38. The van der Waals surface area contributed by atoms with Gasteiger partial charge in [-0.05, 0) is 31.0 Å². The summed E-state index contributed by atoms with van der Waals surface area (Å²) in [4.78, 5) is 16.7. The molecule has 0 saturated carbocycles. The fourth-order valence-electron chi connectivity index (χ4n) is 1.77. The number of nitrogens with zero attached hydrogens (tertiary/aromatic N) is 1. The van der Waals surface area contributed by atoms with Crippen LogP contribution in [0.3, 0.4) is 0 Å². The molecular weight excluding hydrogens is 312 g/mol. The Morgan fingerprint density at radius 1 is 1.60 bits per heavy atom. The van der Waals surface area contributed by atoms with Crippen molar-refractivity contribution < 1.29 is 4.79 Å². The van der Waals surface area contributed by atoms with Crippen molar-refractivity contribution in [2.45, 2.75) is 25.5 Å². The smallest absolute Gasteiger partial charge is 0.237 e. The number of thioether (sulfide) groups is 2. The minimum atomic E-state index is -0.113. The summed E-state index contributed by atoms with van der Waals surface area (Å²) < 4.78 is 1.02. The fourth-order valence-corrected chi connectivity index (χ4v) is 4.10. The lowest BCUT2D eigenvalue weighted by molar-refractivity contribution is -0.115. The minimum Gasteiger partial charge on any atom is -0.325 e. The molecule has 1 amide bonds. The molecule has 6 heteroatoms. The number of carbonyl (C=O) groups excluding carboxylic acids is 1. The van der Waals surface area contributed by atoms with E-state index in [1.165, 1.54) is 0 Å².